The second kappa shape index (κ2) is 9.51. The fourth-order valence-corrected chi connectivity index (χ4v) is 2.69. The number of nitrogens with one attached hydrogen (secondary N) is 2. The number of nitrogens with zero attached hydrogens (tertiary/aromatic N) is 3. The third kappa shape index (κ3) is 5.12. The molecule has 1 aromatic heterocycles. The Morgan fingerprint density at radius 2 is 2.25 bits per heavy atom. The molecule has 2 N–H and O–H groups in total. The van der Waals surface area contributed by atoms with Gasteiger partial charge in [-0.15, -0.1) is 24.0 Å². The summed E-state index contributed by atoms with van der Waals surface area (Å²) in [6, 6.07) is 8.21. The molecule has 1 unspecified atom stereocenters. The molecule has 1 aliphatic heterocycles. The van der Waals surface area contributed by atoms with Crippen LogP contribution < -0.4 is 15.4 Å². The SMILES string of the molecule is CN=C(NCCCn1ccnc1)NCC1Cc2ccccc2O1.I. The minimum absolute atomic E-state index is 0. The fraction of sp³-hybridized carbons (Fsp3) is 0.412. The van der Waals surface area contributed by atoms with E-state index in [1.54, 1.807) is 13.2 Å². The molecule has 24 heavy (non-hydrogen) atoms. The zero-order valence-corrected chi connectivity index (χ0v) is 16.1. The number of aromatic nitrogens is 2. The van der Waals surface area contributed by atoms with E-state index in [9.17, 15) is 0 Å². The van der Waals surface area contributed by atoms with Gasteiger partial charge in [0.1, 0.15) is 11.9 Å². The Kier molecular flexibility index (Phi) is 7.36. The lowest BCUT2D eigenvalue weighted by Gasteiger charge is -2.15. The first-order valence-corrected chi connectivity index (χ1v) is 8.00. The Balaban J connectivity index is 0.00000208. The summed E-state index contributed by atoms with van der Waals surface area (Å²) in [5.41, 5.74) is 1.28. The number of hydrogen-bond acceptors (Lipinski definition) is 3. The van der Waals surface area contributed by atoms with Crippen molar-refractivity contribution >= 4 is 29.9 Å². The summed E-state index contributed by atoms with van der Waals surface area (Å²) < 4.78 is 7.99. The number of ether oxygens (including phenoxy) is 1. The number of aliphatic imine (C=N–C) groups is 1. The molecule has 6 nitrogen and oxygen atoms in total. The van der Waals surface area contributed by atoms with Gasteiger partial charge in [0.15, 0.2) is 5.96 Å². The second-order valence-electron chi connectivity index (χ2n) is 5.59. The van der Waals surface area contributed by atoms with Crippen molar-refractivity contribution in [2.75, 3.05) is 20.1 Å². The van der Waals surface area contributed by atoms with Crippen LogP contribution >= 0.6 is 24.0 Å². The van der Waals surface area contributed by atoms with Gasteiger partial charge < -0.3 is 19.9 Å². The van der Waals surface area contributed by atoms with Gasteiger partial charge in [-0.3, -0.25) is 4.99 Å². The molecule has 2 heterocycles. The number of imidazole rings is 1. The number of aryl methyl sites for hydroxylation is 1. The van der Waals surface area contributed by atoms with Gasteiger partial charge >= 0.3 is 0 Å². The maximum atomic E-state index is 5.92. The minimum atomic E-state index is 0. The van der Waals surface area contributed by atoms with E-state index in [1.807, 2.05) is 24.7 Å². The van der Waals surface area contributed by atoms with Crippen molar-refractivity contribution in [3.05, 3.63) is 48.5 Å². The Morgan fingerprint density at radius 3 is 3.00 bits per heavy atom. The normalized spacial score (nSPS) is 16.0. The van der Waals surface area contributed by atoms with Gasteiger partial charge in [0.2, 0.25) is 0 Å². The lowest BCUT2D eigenvalue weighted by Crippen LogP contribution is -2.42. The van der Waals surface area contributed by atoms with Crippen LogP contribution in [-0.4, -0.2) is 41.8 Å². The standard InChI is InChI=1S/C17H23N5O.HI/c1-18-17(20-7-4-9-22-10-8-19-13-22)21-12-15-11-14-5-2-3-6-16(14)23-15;/h2-3,5-6,8,10,13,15H,4,7,9,11-12H2,1H3,(H2,18,20,21);1H. The summed E-state index contributed by atoms with van der Waals surface area (Å²) in [7, 11) is 1.79. The lowest BCUT2D eigenvalue weighted by atomic mass is 10.1. The molecular formula is C17H24IN5O. The molecular weight excluding hydrogens is 417 g/mol. The molecule has 0 aliphatic carbocycles. The quantitative estimate of drug-likeness (QED) is 0.312. The molecule has 1 aromatic carbocycles. The average Bonchev–Trinajstić information content (AvgIpc) is 3.23. The van der Waals surface area contributed by atoms with Gasteiger partial charge in [0.25, 0.3) is 0 Å². The van der Waals surface area contributed by atoms with E-state index in [-0.39, 0.29) is 30.1 Å². The molecule has 0 fully saturated rings. The first kappa shape index (κ1) is 18.6. The van der Waals surface area contributed by atoms with E-state index in [2.05, 4.69) is 37.3 Å². The Bertz CT molecular complexity index is 619. The van der Waals surface area contributed by atoms with E-state index in [0.29, 0.717) is 0 Å². The van der Waals surface area contributed by atoms with Crippen molar-refractivity contribution in [1.29, 1.82) is 0 Å². The molecule has 1 atom stereocenters. The molecule has 130 valence electrons. The summed E-state index contributed by atoms with van der Waals surface area (Å²) >= 11 is 0. The van der Waals surface area contributed by atoms with Crippen molar-refractivity contribution in [2.24, 2.45) is 4.99 Å². The molecule has 3 rings (SSSR count). The van der Waals surface area contributed by atoms with Gasteiger partial charge in [-0.05, 0) is 18.1 Å². The van der Waals surface area contributed by atoms with Crippen molar-refractivity contribution in [2.45, 2.75) is 25.5 Å². The third-order valence-electron chi connectivity index (χ3n) is 3.88. The van der Waals surface area contributed by atoms with Crippen molar-refractivity contribution < 1.29 is 4.74 Å². The van der Waals surface area contributed by atoms with Crippen LogP contribution in [0, 0.1) is 0 Å². The van der Waals surface area contributed by atoms with Gasteiger partial charge in [-0.25, -0.2) is 4.98 Å². The number of para-hydroxylation sites is 1. The van der Waals surface area contributed by atoms with Crippen LogP contribution in [0.4, 0.5) is 0 Å². The highest BCUT2D eigenvalue weighted by atomic mass is 127. The zero-order chi connectivity index (χ0) is 15.9. The third-order valence-corrected chi connectivity index (χ3v) is 3.88. The average molecular weight is 441 g/mol. The van der Waals surface area contributed by atoms with Crippen LogP contribution in [0.1, 0.15) is 12.0 Å². The second-order valence-corrected chi connectivity index (χ2v) is 5.59. The van der Waals surface area contributed by atoms with E-state index in [4.69, 9.17) is 4.74 Å². The van der Waals surface area contributed by atoms with Crippen LogP contribution in [0.3, 0.4) is 0 Å². The van der Waals surface area contributed by atoms with Crippen LogP contribution in [0.15, 0.2) is 48.0 Å². The van der Waals surface area contributed by atoms with Crippen molar-refractivity contribution in [3.63, 3.8) is 0 Å². The number of halogens is 1. The maximum absolute atomic E-state index is 5.92. The van der Waals surface area contributed by atoms with Crippen LogP contribution in [0.2, 0.25) is 0 Å². The van der Waals surface area contributed by atoms with Crippen molar-refractivity contribution in [1.82, 2.24) is 20.2 Å². The predicted molar refractivity (Wildman–Crippen MR) is 106 cm³/mol. The molecule has 1 aliphatic rings. The number of guanidine groups is 1. The van der Waals surface area contributed by atoms with Gasteiger partial charge in [-0.2, -0.15) is 0 Å². The highest BCUT2D eigenvalue weighted by Gasteiger charge is 2.22. The molecule has 7 heteroatoms. The minimum Gasteiger partial charge on any atom is -0.488 e. The summed E-state index contributed by atoms with van der Waals surface area (Å²) in [5, 5.41) is 6.66. The fourth-order valence-electron chi connectivity index (χ4n) is 2.69. The number of rotatable bonds is 6. The van der Waals surface area contributed by atoms with Crippen LogP contribution in [0.25, 0.3) is 0 Å². The van der Waals surface area contributed by atoms with Crippen molar-refractivity contribution in [3.8, 4) is 5.75 Å². The number of hydrogen-bond donors (Lipinski definition) is 2. The molecule has 0 radical (unpaired) electrons. The van der Waals surface area contributed by atoms with E-state index >= 15 is 0 Å². The van der Waals surface area contributed by atoms with Gasteiger partial charge in [0.05, 0.1) is 12.9 Å². The topological polar surface area (TPSA) is 63.5 Å². The molecule has 0 amide bonds. The largest absolute Gasteiger partial charge is 0.488 e. The monoisotopic (exact) mass is 441 g/mol. The first-order valence-electron chi connectivity index (χ1n) is 8.00. The number of benzene rings is 1. The van der Waals surface area contributed by atoms with Gasteiger partial charge in [0, 0.05) is 39.0 Å². The van der Waals surface area contributed by atoms with E-state index in [0.717, 1.165) is 44.2 Å². The Morgan fingerprint density at radius 1 is 1.38 bits per heavy atom. The highest BCUT2D eigenvalue weighted by molar-refractivity contribution is 14.0. The van der Waals surface area contributed by atoms with Crippen LogP contribution in [0.5, 0.6) is 5.75 Å². The smallest absolute Gasteiger partial charge is 0.191 e. The lowest BCUT2D eigenvalue weighted by molar-refractivity contribution is 0.235. The molecule has 0 saturated carbocycles. The van der Waals surface area contributed by atoms with Crippen LogP contribution in [-0.2, 0) is 13.0 Å². The predicted octanol–water partition coefficient (Wildman–Crippen LogP) is 2.06. The highest BCUT2D eigenvalue weighted by Crippen LogP contribution is 2.27. The molecule has 0 bridgehead atoms. The zero-order valence-electron chi connectivity index (χ0n) is 13.8. The molecule has 2 aromatic rings. The van der Waals surface area contributed by atoms with Gasteiger partial charge in [-0.1, -0.05) is 18.2 Å². The van der Waals surface area contributed by atoms with E-state index in [1.165, 1.54) is 5.56 Å². The summed E-state index contributed by atoms with van der Waals surface area (Å²) in [4.78, 5) is 8.29. The summed E-state index contributed by atoms with van der Waals surface area (Å²) in [6.45, 7) is 2.56. The van der Waals surface area contributed by atoms with E-state index < -0.39 is 0 Å². The molecule has 0 spiro atoms. The maximum Gasteiger partial charge on any atom is 0.191 e. The number of fused-ring (bicyclic) bond motifs is 1. The summed E-state index contributed by atoms with van der Waals surface area (Å²) in [5.74, 6) is 1.82. The Hall–Kier alpha value is -1.77. The summed E-state index contributed by atoms with van der Waals surface area (Å²) in [6.07, 6.45) is 7.73. The Labute approximate surface area is 159 Å². The molecule has 0 saturated heterocycles. The first-order chi connectivity index (χ1) is 11.3.